The van der Waals surface area contributed by atoms with Crippen LogP contribution >= 0.6 is 0 Å². The number of aliphatic hydroxyl groups excluding tert-OH is 1. The molecule has 0 radical (unpaired) electrons. The highest BCUT2D eigenvalue weighted by atomic mass is 16.3. The molecule has 138 valence electrons. The second-order valence-corrected chi connectivity index (χ2v) is 9.79. The van der Waals surface area contributed by atoms with Gasteiger partial charge in [-0.1, -0.05) is 13.8 Å². The standard InChI is InChI=1S/C21H36O3/c1-13(22)21(24)11-8-18-16-5-4-14-12-15(23)6-9-19(14,2)17(16)7-10-20(18,21)3/h13-18,22-24H,4-12H2,1-3H3/t13?,14-,15-,16-,17+,18+,19+,20+,21+/m1/s1/i1D3,13D. The van der Waals surface area contributed by atoms with E-state index < -0.39 is 23.9 Å². The Balaban J connectivity index is 1.66. The summed E-state index contributed by atoms with van der Waals surface area (Å²) in [6, 6.07) is 0. The van der Waals surface area contributed by atoms with Gasteiger partial charge in [0.1, 0.15) is 0 Å². The zero-order chi connectivity index (χ0) is 20.8. The van der Waals surface area contributed by atoms with E-state index >= 15 is 0 Å². The van der Waals surface area contributed by atoms with Gasteiger partial charge in [0.15, 0.2) is 0 Å². The van der Waals surface area contributed by atoms with E-state index in [9.17, 15) is 15.3 Å². The fraction of sp³-hybridized carbons (Fsp3) is 1.00. The lowest BCUT2D eigenvalue weighted by Crippen LogP contribution is -2.59. The van der Waals surface area contributed by atoms with Gasteiger partial charge in [0, 0.05) is 9.53 Å². The lowest BCUT2D eigenvalue weighted by Gasteiger charge is -2.61. The molecule has 1 unspecified atom stereocenters. The van der Waals surface area contributed by atoms with E-state index in [4.69, 9.17) is 5.48 Å². The second kappa shape index (κ2) is 5.44. The summed E-state index contributed by atoms with van der Waals surface area (Å²) >= 11 is 0. The Morgan fingerprint density at radius 3 is 2.54 bits per heavy atom. The first-order chi connectivity index (χ1) is 12.8. The van der Waals surface area contributed by atoms with Crippen LogP contribution in [0, 0.1) is 34.5 Å². The van der Waals surface area contributed by atoms with Crippen LogP contribution in [0.4, 0.5) is 0 Å². The lowest BCUT2D eigenvalue weighted by molar-refractivity contribution is -0.186. The normalized spacial score (nSPS) is 62.8. The summed E-state index contributed by atoms with van der Waals surface area (Å²) in [5.41, 5.74) is -2.47. The summed E-state index contributed by atoms with van der Waals surface area (Å²) in [4.78, 5) is 0. The van der Waals surface area contributed by atoms with Crippen molar-refractivity contribution < 1.29 is 20.8 Å². The van der Waals surface area contributed by atoms with Gasteiger partial charge in [0.25, 0.3) is 0 Å². The SMILES string of the molecule is [2H]C([2H])([2H])C([2H])(O)[C@@]1(O)CC[C@H]2[C@@H]3CC[C@@H]4C[C@H](O)CC[C@]4(C)[C@H]3CC[C@@]21C. The van der Waals surface area contributed by atoms with Gasteiger partial charge in [-0.25, -0.2) is 0 Å². The number of aliphatic hydroxyl groups is 3. The topological polar surface area (TPSA) is 60.7 Å². The summed E-state index contributed by atoms with van der Waals surface area (Å²) < 4.78 is 31.3. The molecule has 4 rings (SSSR count). The number of fused-ring (bicyclic) bond motifs is 5. The van der Waals surface area contributed by atoms with Crippen molar-refractivity contribution in [3.05, 3.63) is 0 Å². The monoisotopic (exact) mass is 340 g/mol. The van der Waals surface area contributed by atoms with Crippen LogP contribution in [0.15, 0.2) is 0 Å². The molecule has 4 saturated carbocycles. The first-order valence-corrected chi connectivity index (χ1v) is 9.91. The highest BCUT2D eigenvalue weighted by Gasteiger charge is 2.65. The van der Waals surface area contributed by atoms with Crippen LogP contribution in [0.2, 0.25) is 0 Å². The molecule has 0 amide bonds. The number of rotatable bonds is 1. The maximum Gasteiger partial charge on any atom is 0.0958 e. The van der Waals surface area contributed by atoms with Crippen molar-refractivity contribution in [2.24, 2.45) is 34.5 Å². The Morgan fingerprint density at radius 1 is 1.04 bits per heavy atom. The van der Waals surface area contributed by atoms with Crippen LogP contribution in [0.25, 0.3) is 0 Å². The molecular weight excluding hydrogens is 300 g/mol. The van der Waals surface area contributed by atoms with Crippen LogP contribution in [-0.2, 0) is 0 Å². The highest BCUT2D eigenvalue weighted by molar-refractivity contribution is 5.15. The fourth-order valence-electron chi connectivity index (χ4n) is 7.64. The molecule has 4 aliphatic rings. The van der Waals surface area contributed by atoms with Crippen molar-refractivity contribution in [2.45, 2.75) is 96.3 Å². The third kappa shape index (κ3) is 2.07. The molecule has 9 atom stereocenters. The molecule has 0 aliphatic heterocycles. The van der Waals surface area contributed by atoms with Gasteiger partial charge in [-0.3, -0.25) is 0 Å². The zero-order valence-electron chi connectivity index (χ0n) is 19.1. The van der Waals surface area contributed by atoms with E-state index in [1.807, 2.05) is 6.92 Å². The van der Waals surface area contributed by atoms with E-state index in [1.54, 1.807) is 0 Å². The molecule has 3 nitrogen and oxygen atoms in total. The number of hydrogen-bond acceptors (Lipinski definition) is 3. The Labute approximate surface area is 152 Å². The predicted octanol–water partition coefficient (Wildman–Crippen LogP) is 3.50. The second-order valence-electron chi connectivity index (χ2n) is 9.79. The van der Waals surface area contributed by atoms with Crippen molar-refractivity contribution in [2.75, 3.05) is 0 Å². The summed E-state index contributed by atoms with van der Waals surface area (Å²) in [5.74, 6) is 1.60. The predicted molar refractivity (Wildman–Crippen MR) is 94.4 cm³/mol. The Bertz CT molecular complexity index is 638. The van der Waals surface area contributed by atoms with Crippen LogP contribution in [0.3, 0.4) is 0 Å². The molecule has 24 heavy (non-hydrogen) atoms. The summed E-state index contributed by atoms with van der Waals surface area (Å²) in [5, 5.41) is 32.4. The van der Waals surface area contributed by atoms with Crippen molar-refractivity contribution in [1.82, 2.24) is 0 Å². The molecule has 3 heteroatoms. The van der Waals surface area contributed by atoms with E-state index in [-0.39, 0.29) is 23.9 Å². The third-order valence-corrected chi connectivity index (χ3v) is 9.18. The van der Waals surface area contributed by atoms with Crippen molar-refractivity contribution in [1.29, 1.82) is 0 Å². The number of hydrogen-bond donors (Lipinski definition) is 3. The van der Waals surface area contributed by atoms with Gasteiger partial charge >= 0.3 is 0 Å². The highest BCUT2D eigenvalue weighted by Crippen LogP contribution is 2.68. The zero-order valence-corrected chi connectivity index (χ0v) is 15.1. The van der Waals surface area contributed by atoms with E-state index in [2.05, 4.69) is 6.92 Å². The molecule has 0 aromatic rings. The Kier molecular flexibility index (Phi) is 2.97. The molecule has 0 heterocycles. The lowest BCUT2D eigenvalue weighted by atomic mass is 9.44. The van der Waals surface area contributed by atoms with Crippen LogP contribution < -0.4 is 0 Å². The third-order valence-electron chi connectivity index (χ3n) is 9.18. The van der Waals surface area contributed by atoms with Crippen molar-refractivity contribution in [3.63, 3.8) is 0 Å². The minimum Gasteiger partial charge on any atom is -0.393 e. The molecule has 0 aromatic heterocycles. The molecule has 4 aliphatic carbocycles. The van der Waals surface area contributed by atoms with E-state index in [0.29, 0.717) is 30.6 Å². The van der Waals surface area contributed by atoms with E-state index in [0.717, 1.165) is 38.5 Å². The van der Waals surface area contributed by atoms with Crippen molar-refractivity contribution >= 4 is 0 Å². The largest absolute Gasteiger partial charge is 0.393 e. The molecule has 4 fully saturated rings. The van der Waals surface area contributed by atoms with Gasteiger partial charge in [0.2, 0.25) is 0 Å². The Morgan fingerprint density at radius 2 is 1.79 bits per heavy atom. The molecule has 0 saturated heterocycles. The van der Waals surface area contributed by atoms with E-state index in [1.165, 1.54) is 0 Å². The van der Waals surface area contributed by atoms with Gasteiger partial charge in [-0.2, -0.15) is 0 Å². The first-order valence-electron chi connectivity index (χ1n) is 11.9. The quantitative estimate of drug-likeness (QED) is 0.684. The molecule has 0 aromatic carbocycles. The molecule has 3 N–H and O–H groups in total. The van der Waals surface area contributed by atoms with Gasteiger partial charge in [-0.05, 0) is 93.7 Å². The maximum atomic E-state index is 11.5. The summed E-state index contributed by atoms with van der Waals surface area (Å²) in [6.07, 6.45) is 4.25. The van der Waals surface area contributed by atoms with Gasteiger partial charge in [-0.15, -0.1) is 0 Å². The van der Waals surface area contributed by atoms with Gasteiger partial charge in [0.05, 0.1) is 19.2 Å². The fourth-order valence-corrected chi connectivity index (χ4v) is 7.64. The minimum atomic E-state index is -2.94. The average molecular weight is 341 g/mol. The maximum absolute atomic E-state index is 11.5. The van der Waals surface area contributed by atoms with Crippen LogP contribution in [0.1, 0.15) is 84.0 Å². The summed E-state index contributed by atoms with van der Waals surface area (Å²) in [7, 11) is 0. The van der Waals surface area contributed by atoms with Crippen molar-refractivity contribution in [3.8, 4) is 0 Å². The molecule has 0 spiro atoms. The first kappa shape index (κ1) is 13.1. The molecular formula is C21H36O3. The Hall–Kier alpha value is -0.120. The molecule has 0 bridgehead atoms. The smallest absolute Gasteiger partial charge is 0.0958 e. The van der Waals surface area contributed by atoms with Crippen LogP contribution in [0.5, 0.6) is 0 Å². The minimum absolute atomic E-state index is 0.139. The van der Waals surface area contributed by atoms with Crippen LogP contribution in [-0.4, -0.2) is 33.1 Å². The average Bonchev–Trinajstić information content (AvgIpc) is 2.87. The summed E-state index contributed by atoms with van der Waals surface area (Å²) in [6.45, 7) is 1.36. The van der Waals surface area contributed by atoms with Gasteiger partial charge < -0.3 is 15.3 Å².